The van der Waals surface area contributed by atoms with Gasteiger partial charge in [0.2, 0.25) is 0 Å². The number of benzene rings is 2. The lowest BCUT2D eigenvalue weighted by Gasteiger charge is -2.42. The maximum atomic E-state index is 10.6. The molecule has 1 heterocycles. The molecular weight excluding hydrogens is 332 g/mol. The number of aromatic hydroxyl groups is 1. The summed E-state index contributed by atoms with van der Waals surface area (Å²) in [5.74, 6) is 0.920. The van der Waals surface area contributed by atoms with Crippen LogP contribution in [0.2, 0.25) is 0 Å². The highest BCUT2D eigenvalue weighted by atomic mass is 16.3. The highest BCUT2D eigenvalue weighted by Crippen LogP contribution is 2.43. The third-order valence-electron chi connectivity index (χ3n) is 6.31. The topological polar surface area (TPSA) is 35.5 Å². The predicted octanol–water partition coefficient (Wildman–Crippen LogP) is 3.94. The number of nitrogens with zero attached hydrogens (tertiary/aromatic N) is 1. The summed E-state index contributed by atoms with van der Waals surface area (Å²) in [7, 11) is 0. The summed E-state index contributed by atoms with van der Waals surface area (Å²) in [6.45, 7) is 10.9. The standard InChI is InChI=1S/C24H32N2O/c1-15-5-7-19(8-6-15)11-21-20-9-16(2)10-24(27)22(20)12-23(21)26-13-17(3)25-18(4)14-26/h5-10,17-18,21,23,25,27H,11-14H2,1-4H3/t17?,18?,21-,23?/m0/s1. The van der Waals surface area contributed by atoms with Crippen LogP contribution >= 0.6 is 0 Å². The van der Waals surface area contributed by atoms with Crippen molar-refractivity contribution in [2.75, 3.05) is 13.1 Å². The lowest BCUT2D eigenvalue weighted by Crippen LogP contribution is -2.57. The number of phenols is 1. The van der Waals surface area contributed by atoms with E-state index in [-0.39, 0.29) is 0 Å². The third kappa shape index (κ3) is 3.76. The molecule has 0 saturated carbocycles. The van der Waals surface area contributed by atoms with Crippen LogP contribution in [0.4, 0.5) is 0 Å². The monoisotopic (exact) mass is 364 g/mol. The number of fused-ring (bicyclic) bond motifs is 1. The van der Waals surface area contributed by atoms with Gasteiger partial charge in [-0.05, 0) is 68.9 Å². The van der Waals surface area contributed by atoms with Crippen LogP contribution < -0.4 is 5.32 Å². The smallest absolute Gasteiger partial charge is 0.119 e. The molecule has 3 heteroatoms. The van der Waals surface area contributed by atoms with Gasteiger partial charge in [-0.3, -0.25) is 4.90 Å². The van der Waals surface area contributed by atoms with Crippen molar-refractivity contribution in [1.82, 2.24) is 10.2 Å². The molecule has 1 fully saturated rings. The van der Waals surface area contributed by atoms with Gasteiger partial charge in [-0.2, -0.15) is 0 Å². The van der Waals surface area contributed by atoms with Crippen molar-refractivity contribution in [1.29, 1.82) is 0 Å². The van der Waals surface area contributed by atoms with Crippen molar-refractivity contribution in [3.8, 4) is 5.75 Å². The normalized spacial score (nSPS) is 28.3. The van der Waals surface area contributed by atoms with Gasteiger partial charge in [-0.1, -0.05) is 35.9 Å². The van der Waals surface area contributed by atoms with Crippen molar-refractivity contribution in [3.63, 3.8) is 0 Å². The van der Waals surface area contributed by atoms with Crippen molar-refractivity contribution >= 4 is 0 Å². The summed E-state index contributed by atoms with van der Waals surface area (Å²) < 4.78 is 0. The highest BCUT2D eigenvalue weighted by Gasteiger charge is 2.39. The Balaban J connectivity index is 1.69. The molecule has 2 N–H and O–H groups in total. The second-order valence-corrected chi connectivity index (χ2v) is 8.84. The molecule has 27 heavy (non-hydrogen) atoms. The highest BCUT2D eigenvalue weighted by molar-refractivity contribution is 5.49. The Kier molecular flexibility index (Phi) is 5.00. The molecule has 0 amide bonds. The van der Waals surface area contributed by atoms with Gasteiger partial charge in [0.15, 0.2) is 0 Å². The maximum Gasteiger partial charge on any atom is 0.119 e. The van der Waals surface area contributed by atoms with Crippen LogP contribution in [0.15, 0.2) is 36.4 Å². The van der Waals surface area contributed by atoms with Crippen molar-refractivity contribution in [2.45, 2.75) is 64.6 Å². The first-order valence-corrected chi connectivity index (χ1v) is 10.3. The van der Waals surface area contributed by atoms with Gasteiger partial charge < -0.3 is 10.4 Å². The number of hydrogen-bond donors (Lipinski definition) is 2. The lowest BCUT2D eigenvalue weighted by molar-refractivity contribution is 0.112. The summed E-state index contributed by atoms with van der Waals surface area (Å²) >= 11 is 0. The van der Waals surface area contributed by atoms with E-state index >= 15 is 0 Å². The average molecular weight is 365 g/mol. The first-order chi connectivity index (χ1) is 12.9. The number of piperazine rings is 1. The molecule has 0 spiro atoms. The second-order valence-electron chi connectivity index (χ2n) is 8.84. The molecular formula is C24H32N2O. The van der Waals surface area contributed by atoms with E-state index in [9.17, 15) is 5.11 Å². The van der Waals surface area contributed by atoms with Crippen LogP contribution in [0.3, 0.4) is 0 Å². The Morgan fingerprint density at radius 3 is 2.33 bits per heavy atom. The molecule has 1 aliphatic carbocycles. The van der Waals surface area contributed by atoms with E-state index in [1.165, 1.54) is 22.3 Å². The molecule has 0 bridgehead atoms. The summed E-state index contributed by atoms with van der Waals surface area (Å²) in [5, 5.41) is 14.3. The largest absolute Gasteiger partial charge is 0.508 e. The lowest BCUT2D eigenvalue weighted by atomic mass is 9.88. The fourth-order valence-electron chi connectivity index (χ4n) is 5.18. The quantitative estimate of drug-likeness (QED) is 0.866. The van der Waals surface area contributed by atoms with E-state index in [0.29, 0.717) is 29.8 Å². The predicted molar refractivity (Wildman–Crippen MR) is 112 cm³/mol. The minimum Gasteiger partial charge on any atom is -0.508 e. The Morgan fingerprint density at radius 1 is 1.00 bits per heavy atom. The van der Waals surface area contributed by atoms with Gasteiger partial charge in [-0.25, -0.2) is 0 Å². The summed E-state index contributed by atoms with van der Waals surface area (Å²) in [6, 6.07) is 14.7. The first-order valence-electron chi connectivity index (χ1n) is 10.3. The number of aryl methyl sites for hydroxylation is 2. The molecule has 144 valence electrons. The van der Waals surface area contributed by atoms with Crippen LogP contribution in [0.1, 0.15) is 47.6 Å². The Bertz CT molecular complexity index is 804. The fourth-order valence-corrected chi connectivity index (χ4v) is 5.18. The van der Waals surface area contributed by atoms with Gasteiger partial charge in [0.05, 0.1) is 0 Å². The number of rotatable bonds is 3. The molecule has 3 unspecified atom stereocenters. The van der Waals surface area contributed by atoms with Gasteiger partial charge in [0, 0.05) is 37.1 Å². The van der Waals surface area contributed by atoms with E-state index in [1.54, 1.807) is 0 Å². The first kappa shape index (κ1) is 18.5. The Labute approximate surface area is 163 Å². The van der Waals surface area contributed by atoms with E-state index in [4.69, 9.17) is 0 Å². The molecule has 4 rings (SSSR count). The van der Waals surface area contributed by atoms with Crippen LogP contribution in [0.25, 0.3) is 0 Å². The maximum absolute atomic E-state index is 10.6. The van der Waals surface area contributed by atoms with E-state index in [0.717, 1.165) is 31.5 Å². The van der Waals surface area contributed by atoms with Gasteiger partial charge in [0.25, 0.3) is 0 Å². The molecule has 2 aromatic rings. The molecule has 1 aliphatic heterocycles. The number of phenolic OH excluding ortho intramolecular Hbond substituents is 1. The van der Waals surface area contributed by atoms with Crippen molar-refractivity contribution < 1.29 is 5.11 Å². The molecule has 0 aromatic heterocycles. The number of hydrogen-bond acceptors (Lipinski definition) is 3. The van der Waals surface area contributed by atoms with E-state index in [1.807, 2.05) is 6.07 Å². The number of nitrogens with one attached hydrogen (secondary N) is 1. The minimum atomic E-state index is 0.436. The second kappa shape index (κ2) is 7.29. The van der Waals surface area contributed by atoms with Crippen LogP contribution in [0.5, 0.6) is 5.75 Å². The zero-order valence-electron chi connectivity index (χ0n) is 17.0. The summed E-state index contributed by atoms with van der Waals surface area (Å²) in [6.07, 6.45) is 1.99. The van der Waals surface area contributed by atoms with Crippen molar-refractivity contribution in [3.05, 3.63) is 64.2 Å². The van der Waals surface area contributed by atoms with Gasteiger partial charge in [-0.15, -0.1) is 0 Å². The molecule has 0 radical (unpaired) electrons. The van der Waals surface area contributed by atoms with E-state index < -0.39 is 0 Å². The molecule has 2 aromatic carbocycles. The van der Waals surface area contributed by atoms with Crippen LogP contribution in [-0.2, 0) is 12.8 Å². The summed E-state index contributed by atoms with van der Waals surface area (Å²) in [5.41, 5.74) is 6.38. The summed E-state index contributed by atoms with van der Waals surface area (Å²) in [4.78, 5) is 2.67. The Hall–Kier alpha value is -1.84. The van der Waals surface area contributed by atoms with Crippen LogP contribution in [-0.4, -0.2) is 41.2 Å². The molecule has 2 aliphatic rings. The molecule has 4 atom stereocenters. The molecule has 1 saturated heterocycles. The third-order valence-corrected chi connectivity index (χ3v) is 6.31. The van der Waals surface area contributed by atoms with Gasteiger partial charge >= 0.3 is 0 Å². The van der Waals surface area contributed by atoms with Crippen molar-refractivity contribution in [2.24, 2.45) is 0 Å². The zero-order valence-corrected chi connectivity index (χ0v) is 17.0. The van der Waals surface area contributed by atoms with E-state index in [2.05, 4.69) is 68.2 Å². The minimum absolute atomic E-state index is 0.436. The molecule has 3 nitrogen and oxygen atoms in total. The fraction of sp³-hybridized carbons (Fsp3) is 0.500. The Morgan fingerprint density at radius 2 is 1.67 bits per heavy atom. The zero-order chi connectivity index (χ0) is 19.1. The average Bonchev–Trinajstić information content (AvgIpc) is 2.95. The van der Waals surface area contributed by atoms with Crippen LogP contribution in [0, 0.1) is 13.8 Å². The SMILES string of the molecule is Cc1ccc(C[C@H]2c3cc(C)cc(O)c3CC2N2CC(C)NC(C)C2)cc1. The van der Waals surface area contributed by atoms with Gasteiger partial charge in [0.1, 0.15) is 5.75 Å².